The molecule has 8 heteroatoms. The maximum atomic E-state index is 12.4. The Labute approximate surface area is 174 Å². The number of hydrogen-bond acceptors (Lipinski definition) is 5. The monoisotopic (exact) mass is 406 g/mol. The molecule has 7 nitrogen and oxygen atoms in total. The zero-order valence-electron chi connectivity index (χ0n) is 18.5. The van der Waals surface area contributed by atoms with Gasteiger partial charge in [0.15, 0.2) is 0 Å². The molecule has 2 amide bonds. The van der Waals surface area contributed by atoms with Gasteiger partial charge < -0.3 is 24.7 Å². The van der Waals surface area contributed by atoms with E-state index in [1.165, 1.54) is 6.42 Å². The van der Waals surface area contributed by atoms with Crippen molar-refractivity contribution in [1.29, 1.82) is 0 Å². The highest BCUT2D eigenvalue weighted by Crippen LogP contribution is 2.65. The van der Waals surface area contributed by atoms with Gasteiger partial charge in [-0.2, -0.15) is 0 Å². The molecule has 4 fully saturated rings. The lowest BCUT2D eigenvalue weighted by atomic mass is 9.43. The van der Waals surface area contributed by atoms with Crippen LogP contribution in [-0.4, -0.2) is 48.9 Å². The summed E-state index contributed by atoms with van der Waals surface area (Å²) in [5.41, 5.74) is -0.683. The molecule has 3 aliphatic carbocycles. The Kier molecular flexibility index (Phi) is 5.82. The third-order valence-electron chi connectivity index (χ3n) is 6.86. The smallest absolute Gasteiger partial charge is 0.444 e. The van der Waals surface area contributed by atoms with Crippen LogP contribution in [0, 0.1) is 17.3 Å². The number of carbonyl (C=O) groups is 2. The van der Waals surface area contributed by atoms with Crippen LogP contribution in [0.5, 0.6) is 0 Å². The van der Waals surface area contributed by atoms with E-state index >= 15 is 0 Å². The minimum absolute atomic E-state index is 0.0494. The van der Waals surface area contributed by atoms with Gasteiger partial charge >= 0.3 is 13.2 Å². The molecule has 0 aromatic rings. The molecular weight excluding hydrogens is 371 g/mol. The van der Waals surface area contributed by atoms with Crippen molar-refractivity contribution in [1.82, 2.24) is 10.6 Å². The van der Waals surface area contributed by atoms with Gasteiger partial charge in [-0.15, -0.1) is 6.58 Å². The Balaban J connectivity index is 1.57. The van der Waals surface area contributed by atoms with Crippen molar-refractivity contribution in [3.05, 3.63) is 12.7 Å². The molecule has 162 valence electrons. The van der Waals surface area contributed by atoms with Gasteiger partial charge in [-0.1, -0.05) is 19.9 Å². The van der Waals surface area contributed by atoms with Gasteiger partial charge in [0.25, 0.3) is 0 Å². The van der Waals surface area contributed by atoms with Crippen molar-refractivity contribution in [3.63, 3.8) is 0 Å². The van der Waals surface area contributed by atoms with Gasteiger partial charge in [-0.05, 0) is 64.2 Å². The van der Waals surface area contributed by atoms with E-state index in [1.807, 2.05) is 0 Å². The fourth-order valence-corrected chi connectivity index (χ4v) is 5.21. The summed E-state index contributed by atoms with van der Waals surface area (Å²) in [7, 11) is -0.524. The van der Waals surface area contributed by atoms with Gasteiger partial charge in [-0.3, -0.25) is 4.79 Å². The van der Waals surface area contributed by atoms with Crippen LogP contribution in [0.3, 0.4) is 0 Å². The highest BCUT2D eigenvalue weighted by atomic mass is 16.7. The maximum absolute atomic E-state index is 12.4. The Morgan fingerprint density at radius 3 is 2.59 bits per heavy atom. The first-order valence-electron chi connectivity index (χ1n) is 10.6. The fourth-order valence-electron chi connectivity index (χ4n) is 5.21. The predicted octanol–water partition coefficient (Wildman–Crippen LogP) is 2.84. The first-order valence-corrected chi connectivity index (χ1v) is 10.6. The molecule has 5 atom stereocenters. The van der Waals surface area contributed by atoms with Crippen molar-refractivity contribution in [2.24, 2.45) is 17.3 Å². The molecular formula is C21H35BN2O5. The summed E-state index contributed by atoms with van der Waals surface area (Å²) < 4.78 is 17.9. The predicted molar refractivity (Wildman–Crippen MR) is 111 cm³/mol. The first-order chi connectivity index (χ1) is 13.4. The van der Waals surface area contributed by atoms with E-state index in [4.69, 9.17) is 14.0 Å². The fraction of sp³-hybridized carbons (Fsp3) is 0.810. The van der Waals surface area contributed by atoms with Gasteiger partial charge in [0, 0.05) is 0 Å². The SMILES string of the molecule is C=CC[C@H](NC(=O)CNC(=O)OC(C)(C)C)B1O[C@@H]2C[C@@H]3C[C@@H](C3(C)C)[C@]2(C)O1. The van der Waals surface area contributed by atoms with Crippen molar-refractivity contribution in [3.8, 4) is 0 Å². The second kappa shape index (κ2) is 7.62. The minimum Gasteiger partial charge on any atom is -0.444 e. The molecule has 0 spiro atoms. The highest BCUT2D eigenvalue weighted by molar-refractivity contribution is 6.48. The highest BCUT2D eigenvalue weighted by Gasteiger charge is 2.68. The summed E-state index contributed by atoms with van der Waals surface area (Å²) in [5.74, 6) is 0.443. The lowest BCUT2D eigenvalue weighted by Crippen LogP contribution is -2.65. The van der Waals surface area contributed by atoms with E-state index in [2.05, 4.69) is 38.0 Å². The van der Waals surface area contributed by atoms with Crippen molar-refractivity contribution in [2.45, 2.75) is 84.1 Å². The second-order valence-corrected chi connectivity index (χ2v) is 10.4. The van der Waals surface area contributed by atoms with E-state index < -0.39 is 18.8 Å². The topological polar surface area (TPSA) is 85.9 Å². The van der Waals surface area contributed by atoms with Crippen LogP contribution in [0.1, 0.15) is 60.8 Å². The van der Waals surface area contributed by atoms with Crippen LogP contribution >= 0.6 is 0 Å². The summed E-state index contributed by atoms with van der Waals surface area (Å²) in [6.45, 7) is 15.7. The molecule has 4 rings (SSSR count). The van der Waals surface area contributed by atoms with Crippen molar-refractivity contribution >= 4 is 19.1 Å². The van der Waals surface area contributed by atoms with Crippen LogP contribution in [0.4, 0.5) is 4.79 Å². The minimum atomic E-state index is -0.623. The average molecular weight is 406 g/mol. The molecule has 1 aliphatic heterocycles. The van der Waals surface area contributed by atoms with E-state index in [-0.39, 0.29) is 35.5 Å². The molecule has 0 aromatic carbocycles. The number of carbonyl (C=O) groups excluding carboxylic acids is 2. The molecule has 3 saturated carbocycles. The number of ether oxygens (including phenoxy) is 1. The van der Waals surface area contributed by atoms with Crippen LogP contribution in [-0.2, 0) is 18.8 Å². The van der Waals surface area contributed by atoms with Crippen LogP contribution in [0.15, 0.2) is 12.7 Å². The number of rotatable bonds is 6. The van der Waals surface area contributed by atoms with Gasteiger partial charge in [0.05, 0.1) is 24.2 Å². The Hall–Kier alpha value is -1.54. The van der Waals surface area contributed by atoms with Crippen LogP contribution in [0.25, 0.3) is 0 Å². The molecule has 0 radical (unpaired) electrons. The Morgan fingerprint density at radius 1 is 1.31 bits per heavy atom. The van der Waals surface area contributed by atoms with E-state index in [0.717, 1.165) is 6.42 Å². The zero-order valence-corrected chi connectivity index (χ0v) is 18.5. The molecule has 1 saturated heterocycles. The first kappa shape index (κ1) is 22.2. The van der Waals surface area contributed by atoms with E-state index in [9.17, 15) is 9.59 Å². The van der Waals surface area contributed by atoms with Crippen molar-refractivity contribution < 1.29 is 23.6 Å². The lowest BCUT2D eigenvalue weighted by molar-refractivity contribution is -0.199. The summed E-state index contributed by atoms with van der Waals surface area (Å²) in [6, 6.07) is 0. The molecule has 2 bridgehead atoms. The lowest BCUT2D eigenvalue weighted by Gasteiger charge is -2.64. The molecule has 29 heavy (non-hydrogen) atoms. The van der Waals surface area contributed by atoms with Gasteiger partial charge in [-0.25, -0.2) is 4.79 Å². The second-order valence-electron chi connectivity index (χ2n) is 10.4. The number of alkyl carbamates (subject to hydrolysis) is 1. The van der Waals surface area contributed by atoms with E-state index in [1.54, 1.807) is 26.8 Å². The Bertz CT molecular complexity index is 676. The third kappa shape index (κ3) is 4.33. The molecule has 1 heterocycles. The summed E-state index contributed by atoms with van der Waals surface area (Å²) >= 11 is 0. The summed E-state index contributed by atoms with van der Waals surface area (Å²) in [4.78, 5) is 24.2. The standard InChI is InChI=1S/C21H35BN2O5/c1-8-9-16(24-17(25)12-23-18(26)27-19(2,3)4)22-28-15-11-13-10-14(20(13,5)6)21(15,7)29-22/h8,13-16H,1,9-12H2,2-7H3,(H,23,26)(H,24,25)/t13-,14-,15+,16-,21-/m0/s1. The maximum Gasteiger partial charge on any atom is 0.482 e. The number of hydrogen-bond donors (Lipinski definition) is 2. The van der Waals surface area contributed by atoms with E-state index in [0.29, 0.717) is 18.3 Å². The average Bonchev–Trinajstić information content (AvgIpc) is 2.95. The normalized spacial score (nSPS) is 33.2. The number of nitrogens with one attached hydrogen (secondary N) is 2. The Morgan fingerprint density at radius 2 is 2.00 bits per heavy atom. The van der Waals surface area contributed by atoms with Crippen molar-refractivity contribution in [2.75, 3.05) is 6.54 Å². The van der Waals surface area contributed by atoms with Gasteiger partial charge in [0.2, 0.25) is 5.91 Å². The van der Waals surface area contributed by atoms with Crippen LogP contribution in [0.2, 0.25) is 0 Å². The number of amides is 2. The largest absolute Gasteiger partial charge is 0.482 e. The molecule has 0 aromatic heterocycles. The molecule has 4 aliphatic rings. The third-order valence-corrected chi connectivity index (χ3v) is 6.86. The quantitative estimate of drug-likeness (QED) is 0.523. The van der Waals surface area contributed by atoms with Crippen LogP contribution < -0.4 is 10.6 Å². The summed E-state index contributed by atoms with van der Waals surface area (Å²) in [6.07, 6.45) is 3.85. The molecule has 0 unspecified atom stereocenters. The molecule has 2 N–H and O–H groups in total. The zero-order chi connectivity index (χ0) is 21.6. The summed E-state index contributed by atoms with van der Waals surface area (Å²) in [5, 5.41) is 5.40. The van der Waals surface area contributed by atoms with Gasteiger partial charge in [0.1, 0.15) is 5.60 Å².